The normalized spacial score (nSPS) is 15.3. The predicted octanol–water partition coefficient (Wildman–Crippen LogP) is 4.90. The molecule has 1 aliphatic heterocycles. The summed E-state index contributed by atoms with van der Waals surface area (Å²) in [6, 6.07) is 15.2. The van der Waals surface area contributed by atoms with E-state index >= 15 is 0 Å². The molecule has 4 rings (SSSR count). The molecule has 0 amide bonds. The average Bonchev–Trinajstić information content (AvgIpc) is 2.70. The molecule has 1 aliphatic rings. The molecule has 0 fully saturated rings. The minimum atomic E-state index is -4.59. The lowest BCUT2D eigenvalue weighted by atomic mass is 9.94. The predicted molar refractivity (Wildman–Crippen MR) is 108 cm³/mol. The largest absolute Gasteiger partial charge is 0.451 e. The zero-order valence-corrected chi connectivity index (χ0v) is 16.4. The molecule has 0 atom stereocenters. The van der Waals surface area contributed by atoms with Gasteiger partial charge in [-0.1, -0.05) is 36.4 Å². The Morgan fingerprint density at radius 2 is 1.66 bits per heavy atom. The monoisotopic (exact) mass is 400 g/mol. The van der Waals surface area contributed by atoms with E-state index in [-0.39, 0.29) is 16.9 Å². The number of alkyl halides is 3. The van der Waals surface area contributed by atoms with Crippen LogP contribution in [0.4, 0.5) is 19.0 Å². The molecule has 0 unspecified atom stereocenters. The van der Waals surface area contributed by atoms with E-state index in [1.807, 2.05) is 6.07 Å². The zero-order chi connectivity index (χ0) is 20.6. The van der Waals surface area contributed by atoms with Gasteiger partial charge in [-0.3, -0.25) is 4.90 Å². The minimum absolute atomic E-state index is 0.216. The average molecular weight is 400 g/mol. The number of hydrogen-bond acceptors (Lipinski definition) is 4. The lowest BCUT2D eigenvalue weighted by Crippen LogP contribution is -2.50. The highest BCUT2D eigenvalue weighted by Gasteiger charge is 2.36. The third kappa shape index (κ3) is 4.05. The molecule has 0 spiro atoms. The third-order valence-corrected chi connectivity index (χ3v) is 5.53. The number of fused-ring (bicyclic) bond motifs is 2. The quantitative estimate of drug-likeness (QED) is 0.677. The van der Waals surface area contributed by atoms with Crippen LogP contribution in [-0.4, -0.2) is 33.5 Å². The van der Waals surface area contributed by atoms with Crippen LogP contribution in [0, 0.1) is 0 Å². The van der Waals surface area contributed by atoms with Crippen LogP contribution in [0.5, 0.6) is 0 Å². The van der Waals surface area contributed by atoms with Gasteiger partial charge in [0, 0.05) is 30.6 Å². The first-order valence-corrected chi connectivity index (χ1v) is 9.64. The Morgan fingerprint density at radius 3 is 2.41 bits per heavy atom. The standard InChI is InChI=1S/C22H23F3N4/c1-21(2,29-12-11-15-7-3-4-8-16(15)13-29)14-26-19-17-9-5-6-10-18(17)27-20(28-19)22(23,24)25/h3-10H,11-14H2,1-2H3,(H,26,27,28). The Labute approximate surface area is 167 Å². The van der Waals surface area contributed by atoms with Crippen LogP contribution in [0.1, 0.15) is 30.8 Å². The molecule has 1 aromatic heterocycles. The van der Waals surface area contributed by atoms with Crippen molar-refractivity contribution in [1.82, 2.24) is 14.9 Å². The van der Waals surface area contributed by atoms with E-state index in [2.05, 4.69) is 52.2 Å². The number of aromatic nitrogens is 2. The summed E-state index contributed by atoms with van der Waals surface area (Å²) in [5.41, 5.74) is 2.68. The molecule has 0 saturated carbocycles. The van der Waals surface area contributed by atoms with Crippen molar-refractivity contribution in [3.8, 4) is 0 Å². The van der Waals surface area contributed by atoms with Gasteiger partial charge in [-0.15, -0.1) is 0 Å². The van der Waals surface area contributed by atoms with Gasteiger partial charge < -0.3 is 5.32 Å². The molecular formula is C22H23F3N4. The first-order valence-electron chi connectivity index (χ1n) is 9.64. The summed E-state index contributed by atoms with van der Waals surface area (Å²) in [5.74, 6) is -0.906. The summed E-state index contributed by atoms with van der Waals surface area (Å²) in [5, 5.41) is 3.75. The van der Waals surface area contributed by atoms with E-state index in [1.54, 1.807) is 24.3 Å². The van der Waals surface area contributed by atoms with E-state index in [9.17, 15) is 13.2 Å². The van der Waals surface area contributed by atoms with Crippen LogP contribution in [0.25, 0.3) is 10.9 Å². The van der Waals surface area contributed by atoms with Crippen molar-refractivity contribution < 1.29 is 13.2 Å². The molecule has 29 heavy (non-hydrogen) atoms. The molecule has 152 valence electrons. The Kier molecular flexibility index (Phi) is 4.94. The second kappa shape index (κ2) is 7.30. The van der Waals surface area contributed by atoms with Gasteiger partial charge in [0.2, 0.25) is 5.82 Å². The van der Waals surface area contributed by atoms with E-state index < -0.39 is 12.0 Å². The summed E-state index contributed by atoms with van der Waals surface area (Å²) < 4.78 is 39.7. The van der Waals surface area contributed by atoms with Crippen LogP contribution in [0.2, 0.25) is 0 Å². The Morgan fingerprint density at radius 1 is 0.966 bits per heavy atom. The van der Waals surface area contributed by atoms with E-state index in [0.717, 1.165) is 19.5 Å². The fraction of sp³-hybridized carbons (Fsp3) is 0.364. The second-order valence-electron chi connectivity index (χ2n) is 8.02. The number of rotatable bonds is 4. The van der Waals surface area contributed by atoms with E-state index in [1.165, 1.54) is 11.1 Å². The number of nitrogens with zero attached hydrogens (tertiary/aromatic N) is 3. The van der Waals surface area contributed by atoms with Crippen molar-refractivity contribution in [1.29, 1.82) is 0 Å². The number of hydrogen-bond donors (Lipinski definition) is 1. The van der Waals surface area contributed by atoms with E-state index in [0.29, 0.717) is 11.9 Å². The SMILES string of the molecule is CC(C)(CNc1nc(C(F)(F)F)nc2ccccc12)N1CCc2ccccc2C1. The molecule has 1 N–H and O–H groups in total. The van der Waals surface area contributed by atoms with Gasteiger partial charge in [-0.2, -0.15) is 13.2 Å². The Balaban J connectivity index is 1.57. The van der Waals surface area contributed by atoms with Crippen molar-refractivity contribution in [3.63, 3.8) is 0 Å². The first-order chi connectivity index (χ1) is 13.7. The number of benzene rings is 2. The summed E-state index contributed by atoms with van der Waals surface area (Å²) >= 11 is 0. The lowest BCUT2D eigenvalue weighted by Gasteiger charge is -2.41. The smallest absolute Gasteiger partial charge is 0.368 e. The Hall–Kier alpha value is -2.67. The zero-order valence-electron chi connectivity index (χ0n) is 16.4. The second-order valence-corrected chi connectivity index (χ2v) is 8.02. The van der Waals surface area contributed by atoms with Crippen LogP contribution in [-0.2, 0) is 19.1 Å². The Bertz CT molecular complexity index is 1030. The highest BCUT2D eigenvalue weighted by Crippen LogP contribution is 2.31. The maximum absolute atomic E-state index is 13.2. The van der Waals surface area contributed by atoms with E-state index in [4.69, 9.17) is 0 Å². The highest BCUT2D eigenvalue weighted by atomic mass is 19.4. The molecule has 0 aliphatic carbocycles. The molecule has 2 heterocycles. The fourth-order valence-corrected chi connectivity index (χ4v) is 3.76. The first kappa shape index (κ1) is 19.6. The van der Waals surface area contributed by atoms with Crippen LogP contribution in [0.15, 0.2) is 48.5 Å². The number of anilines is 1. The summed E-state index contributed by atoms with van der Waals surface area (Å²) in [4.78, 5) is 9.83. The van der Waals surface area contributed by atoms with Crippen molar-refractivity contribution in [3.05, 3.63) is 65.5 Å². The van der Waals surface area contributed by atoms with Crippen molar-refractivity contribution in [2.24, 2.45) is 0 Å². The lowest BCUT2D eigenvalue weighted by molar-refractivity contribution is -0.144. The number of nitrogens with one attached hydrogen (secondary N) is 1. The van der Waals surface area contributed by atoms with Crippen molar-refractivity contribution in [2.45, 2.75) is 38.5 Å². The van der Waals surface area contributed by atoms with Crippen LogP contribution < -0.4 is 5.32 Å². The summed E-state index contributed by atoms with van der Waals surface area (Å²) in [6.45, 7) is 6.39. The molecule has 0 radical (unpaired) electrons. The van der Waals surface area contributed by atoms with Crippen LogP contribution >= 0.6 is 0 Å². The van der Waals surface area contributed by atoms with Gasteiger partial charge in [0.25, 0.3) is 0 Å². The topological polar surface area (TPSA) is 41.1 Å². The highest BCUT2D eigenvalue weighted by molar-refractivity contribution is 5.89. The molecular weight excluding hydrogens is 377 g/mol. The number of para-hydroxylation sites is 1. The maximum Gasteiger partial charge on any atom is 0.451 e. The summed E-state index contributed by atoms with van der Waals surface area (Å²) in [7, 11) is 0. The molecule has 3 aromatic rings. The number of halogens is 3. The molecule has 2 aromatic carbocycles. The van der Waals surface area contributed by atoms with Crippen molar-refractivity contribution in [2.75, 3.05) is 18.4 Å². The van der Waals surface area contributed by atoms with Gasteiger partial charge in [0.1, 0.15) is 5.82 Å². The van der Waals surface area contributed by atoms with Gasteiger partial charge in [0.15, 0.2) is 0 Å². The fourth-order valence-electron chi connectivity index (χ4n) is 3.76. The van der Waals surface area contributed by atoms with Crippen LogP contribution in [0.3, 0.4) is 0 Å². The molecule has 4 nitrogen and oxygen atoms in total. The van der Waals surface area contributed by atoms with Gasteiger partial charge in [-0.05, 0) is 43.5 Å². The maximum atomic E-state index is 13.2. The van der Waals surface area contributed by atoms with Gasteiger partial charge in [0.05, 0.1) is 5.52 Å². The summed E-state index contributed by atoms with van der Waals surface area (Å²) in [6.07, 6.45) is -3.62. The van der Waals surface area contributed by atoms with Crippen molar-refractivity contribution >= 4 is 16.7 Å². The van der Waals surface area contributed by atoms with Gasteiger partial charge in [-0.25, -0.2) is 9.97 Å². The molecule has 7 heteroatoms. The third-order valence-electron chi connectivity index (χ3n) is 5.53. The van der Waals surface area contributed by atoms with Gasteiger partial charge >= 0.3 is 6.18 Å². The molecule has 0 saturated heterocycles. The molecule has 0 bridgehead atoms. The minimum Gasteiger partial charge on any atom is -0.368 e.